The van der Waals surface area contributed by atoms with Crippen molar-refractivity contribution in [3.63, 3.8) is 0 Å². The second kappa shape index (κ2) is 11.1. The standard InChI is InChI=1S/C31H25F3N4O2/c1-20-7-16-26(21(2)17-20)27-5-3-4-6-28(27)30(39)35-18-22-8-10-23(11-9-22)29-36-19-38(37-29)24-12-14-25(15-13-24)40-31(32,33)34/h3-17,19H,18H2,1-2H3,(H,35,39). The number of hydrogen-bond acceptors (Lipinski definition) is 4. The molecular weight excluding hydrogens is 517 g/mol. The van der Waals surface area contributed by atoms with Gasteiger partial charge in [0.2, 0.25) is 0 Å². The molecule has 1 aromatic heterocycles. The highest BCUT2D eigenvalue weighted by Gasteiger charge is 2.31. The Kier molecular flexibility index (Phi) is 7.37. The Morgan fingerprint density at radius 3 is 2.33 bits per heavy atom. The van der Waals surface area contributed by atoms with Crippen LogP contribution in [0.2, 0.25) is 0 Å². The molecule has 0 bridgehead atoms. The van der Waals surface area contributed by atoms with Gasteiger partial charge in [-0.05, 0) is 66.4 Å². The van der Waals surface area contributed by atoms with E-state index in [0.717, 1.165) is 27.8 Å². The summed E-state index contributed by atoms with van der Waals surface area (Å²) in [6.07, 6.45) is -3.27. The normalized spacial score (nSPS) is 11.3. The van der Waals surface area contributed by atoms with Crippen molar-refractivity contribution in [1.82, 2.24) is 20.1 Å². The molecule has 0 fully saturated rings. The van der Waals surface area contributed by atoms with Crippen LogP contribution in [0.15, 0.2) is 97.3 Å². The van der Waals surface area contributed by atoms with Crippen molar-refractivity contribution < 1.29 is 22.7 Å². The zero-order chi connectivity index (χ0) is 28.3. The SMILES string of the molecule is Cc1ccc(-c2ccccc2C(=O)NCc2ccc(-c3ncn(-c4ccc(OC(F)(F)F)cc4)n3)cc2)c(C)c1. The van der Waals surface area contributed by atoms with Crippen molar-refractivity contribution in [2.24, 2.45) is 0 Å². The van der Waals surface area contributed by atoms with Gasteiger partial charge in [0.15, 0.2) is 5.82 Å². The first-order valence-corrected chi connectivity index (χ1v) is 12.5. The van der Waals surface area contributed by atoms with E-state index >= 15 is 0 Å². The van der Waals surface area contributed by atoms with Gasteiger partial charge in [0.1, 0.15) is 12.1 Å². The molecule has 202 valence electrons. The summed E-state index contributed by atoms with van der Waals surface area (Å²) in [4.78, 5) is 17.4. The predicted molar refractivity (Wildman–Crippen MR) is 146 cm³/mol. The van der Waals surface area contributed by atoms with Gasteiger partial charge in [-0.3, -0.25) is 4.79 Å². The largest absolute Gasteiger partial charge is 0.573 e. The fourth-order valence-corrected chi connectivity index (χ4v) is 4.40. The van der Waals surface area contributed by atoms with Crippen LogP contribution in [-0.4, -0.2) is 27.0 Å². The minimum atomic E-state index is -4.75. The summed E-state index contributed by atoms with van der Waals surface area (Å²) >= 11 is 0. The lowest BCUT2D eigenvalue weighted by Crippen LogP contribution is -2.23. The molecule has 0 spiro atoms. The van der Waals surface area contributed by atoms with Crippen LogP contribution in [0.25, 0.3) is 28.2 Å². The van der Waals surface area contributed by atoms with E-state index in [0.29, 0.717) is 23.6 Å². The maximum Gasteiger partial charge on any atom is 0.573 e. The number of rotatable bonds is 7. The monoisotopic (exact) mass is 542 g/mol. The molecule has 40 heavy (non-hydrogen) atoms. The molecule has 0 saturated heterocycles. The van der Waals surface area contributed by atoms with E-state index < -0.39 is 6.36 Å². The van der Waals surface area contributed by atoms with E-state index in [1.54, 1.807) is 0 Å². The van der Waals surface area contributed by atoms with Crippen LogP contribution in [0.1, 0.15) is 27.0 Å². The molecule has 5 aromatic rings. The van der Waals surface area contributed by atoms with Gasteiger partial charge in [0.25, 0.3) is 5.91 Å². The number of carbonyl (C=O) groups excluding carboxylic acids is 1. The van der Waals surface area contributed by atoms with E-state index in [1.807, 2.05) is 74.5 Å². The van der Waals surface area contributed by atoms with E-state index in [1.165, 1.54) is 40.8 Å². The predicted octanol–water partition coefficient (Wildman–Crippen LogP) is 7.05. The number of hydrogen-bond donors (Lipinski definition) is 1. The number of benzene rings is 4. The lowest BCUT2D eigenvalue weighted by molar-refractivity contribution is -0.274. The molecule has 1 heterocycles. The quantitative estimate of drug-likeness (QED) is 0.239. The number of alkyl halides is 3. The van der Waals surface area contributed by atoms with E-state index in [4.69, 9.17) is 0 Å². The summed E-state index contributed by atoms with van der Waals surface area (Å²) < 4.78 is 42.5. The van der Waals surface area contributed by atoms with Crippen LogP contribution >= 0.6 is 0 Å². The molecule has 5 rings (SSSR count). The lowest BCUT2D eigenvalue weighted by atomic mass is 9.94. The molecule has 6 nitrogen and oxygen atoms in total. The molecule has 0 aliphatic heterocycles. The zero-order valence-electron chi connectivity index (χ0n) is 21.7. The van der Waals surface area contributed by atoms with Gasteiger partial charge in [-0.2, -0.15) is 0 Å². The number of amides is 1. The molecule has 0 atom stereocenters. The Labute approximate surface area is 229 Å². The van der Waals surface area contributed by atoms with Gasteiger partial charge in [-0.25, -0.2) is 9.67 Å². The molecule has 0 aliphatic carbocycles. The van der Waals surface area contributed by atoms with Gasteiger partial charge in [0.05, 0.1) is 5.69 Å². The highest BCUT2D eigenvalue weighted by atomic mass is 19.4. The topological polar surface area (TPSA) is 69.0 Å². The Morgan fingerprint density at radius 1 is 0.900 bits per heavy atom. The zero-order valence-corrected chi connectivity index (χ0v) is 21.7. The Morgan fingerprint density at radius 2 is 1.62 bits per heavy atom. The van der Waals surface area contributed by atoms with Crippen LogP contribution in [0, 0.1) is 13.8 Å². The molecular formula is C31H25F3N4O2. The third-order valence-corrected chi connectivity index (χ3v) is 6.34. The van der Waals surface area contributed by atoms with Gasteiger partial charge >= 0.3 is 6.36 Å². The van der Waals surface area contributed by atoms with Gasteiger partial charge in [0, 0.05) is 17.7 Å². The molecule has 1 amide bonds. The molecule has 9 heteroatoms. The first kappa shape index (κ1) is 26.7. The summed E-state index contributed by atoms with van der Waals surface area (Å²) in [6, 6.07) is 26.6. The van der Waals surface area contributed by atoms with Gasteiger partial charge in [-0.1, -0.05) is 66.2 Å². The molecule has 0 unspecified atom stereocenters. The fourth-order valence-electron chi connectivity index (χ4n) is 4.40. The van der Waals surface area contributed by atoms with Crippen molar-refractivity contribution in [2.75, 3.05) is 0 Å². The highest BCUT2D eigenvalue weighted by molar-refractivity contribution is 6.01. The fraction of sp³-hybridized carbons (Fsp3) is 0.129. The minimum absolute atomic E-state index is 0.160. The number of nitrogens with one attached hydrogen (secondary N) is 1. The van der Waals surface area contributed by atoms with Gasteiger partial charge in [-0.15, -0.1) is 18.3 Å². The maximum absolute atomic E-state index is 13.1. The lowest BCUT2D eigenvalue weighted by Gasteiger charge is -2.13. The Hall–Kier alpha value is -4.92. The first-order chi connectivity index (χ1) is 19.2. The molecule has 4 aromatic carbocycles. The minimum Gasteiger partial charge on any atom is -0.406 e. The summed E-state index contributed by atoms with van der Waals surface area (Å²) in [5, 5.41) is 7.43. The summed E-state index contributed by atoms with van der Waals surface area (Å²) in [5.41, 5.74) is 7.00. The number of halogens is 3. The number of nitrogens with zero attached hydrogens (tertiary/aromatic N) is 3. The molecule has 1 N–H and O–H groups in total. The number of carbonyl (C=O) groups is 1. The van der Waals surface area contributed by atoms with Crippen molar-refractivity contribution in [1.29, 1.82) is 0 Å². The summed E-state index contributed by atoms with van der Waals surface area (Å²) in [7, 11) is 0. The van der Waals surface area contributed by atoms with Crippen LogP contribution < -0.4 is 10.1 Å². The Bertz CT molecular complexity index is 1640. The first-order valence-electron chi connectivity index (χ1n) is 12.5. The average Bonchev–Trinajstić information content (AvgIpc) is 3.42. The Balaban J connectivity index is 1.24. The third kappa shape index (κ3) is 6.20. The third-order valence-electron chi connectivity index (χ3n) is 6.34. The average molecular weight is 543 g/mol. The smallest absolute Gasteiger partial charge is 0.406 e. The van der Waals surface area contributed by atoms with E-state index in [2.05, 4.69) is 26.2 Å². The van der Waals surface area contributed by atoms with Crippen molar-refractivity contribution in [2.45, 2.75) is 26.8 Å². The van der Waals surface area contributed by atoms with Crippen LogP contribution in [0.5, 0.6) is 5.75 Å². The highest BCUT2D eigenvalue weighted by Crippen LogP contribution is 2.28. The van der Waals surface area contributed by atoms with Gasteiger partial charge < -0.3 is 10.1 Å². The molecule has 0 saturated carbocycles. The van der Waals surface area contributed by atoms with Crippen LogP contribution in [0.4, 0.5) is 13.2 Å². The van der Waals surface area contributed by atoms with Crippen LogP contribution in [0.3, 0.4) is 0 Å². The number of ether oxygens (including phenoxy) is 1. The maximum atomic E-state index is 13.1. The number of aryl methyl sites for hydroxylation is 2. The summed E-state index contributed by atoms with van der Waals surface area (Å²) in [5.74, 6) is -0.0201. The van der Waals surface area contributed by atoms with Crippen molar-refractivity contribution in [3.8, 4) is 34.0 Å². The second-order valence-corrected chi connectivity index (χ2v) is 9.30. The van der Waals surface area contributed by atoms with E-state index in [9.17, 15) is 18.0 Å². The second-order valence-electron chi connectivity index (χ2n) is 9.30. The van der Waals surface area contributed by atoms with Crippen molar-refractivity contribution in [3.05, 3.63) is 120 Å². The molecule has 0 aliphatic rings. The summed E-state index contributed by atoms with van der Waals surface area (Å²) in [6.45, 7) is 4.43. The number of aromatic nitrogens is 3. The van der Waals surface area contributed by atoms with Crippen LogP contribution in [-0.2, 0) is 6.54 Å². The molecule has 0 radical (unpaired) electrons. The van der Waals surface area contributed by atoms with E-state index in [-0.39, 0.29) is 11.7 Å². The van der Waals surface area contributed by atoms with Crippen molar-refractivity contribution >= 4 is 5.91 Å².